The number of fused-ring (bicyclic) bond motifs is 1. The molecule has 0 saturated carbocycles. The standard InChI is InChI=1S/C24H23F2N3O5.ClH/c1-3-31-19-10-14(8-9-18(19)33-24(25)26)23-29-20(21(34-23)13(2)27)22(30)28-11-15-12-32-17-7-5-4-6-16(15)17;/h4-10,12-13,24H,3,11,27H2,1-2H3,(H,28,30);1H/t13-;/m0./s1. The van der Waals surface area contributed by atoms with Crippen LogP contribution in [0.1, 0.15) is 41.7 Å². The van der Waals surface area contributed by atoms with E-state index in [0.717, 1.165) is 16.5 Å². The molecule has 0 saturated heterocycles. The van der Waals surface area contributed by atoms with Crippen molar-refractivity contribution in [2.24, 2.45) is 5.73 Å². The number of amides is 1. The third kappa shape index (κ3) is 5.72. The maximum absolute atomic E-state index is 12.9. The van der Waals surface area contributed by atoms with Crippen molar-refractivity contribution in [3.05, 3.63) is 65.7 Å². The predicted molar refractivity (Wildman–Crippen MR) is 127 cm³/mol. The number of benzene rings is 2. The largest absolute Gasteiger partial charge is 0.490 e. The van der Waals surface area contributed by atoms with E-state index in [1.54, 1.807) is 20.1 Å². The lowest BCUT2D eigenvalue weighted by Gasteiger charge is -2.11. The van der Waals surface area contributed by atoms with Gasteiger partial charge >= 0.3 is 6.61 Å². The molecule has 1 atom stereocenters. The number of aromatic nitrogens is 1. The minimum atomic E-state index is -3.00. The van der Waals surface area contributed by atoms with Crippen molar-refractivity contribution in [3.63, 3.8) is 0 Å². The van der Waals surface area contributed by atoms with Gasteiger partial charge in [-0.1, -0.05) is 18.2 Å². The number of hydrogen-bond acceptors (Lipinski definition) is 7. The second kappa shape index (κ2) is 11.2. The summed E-state index contributed by atoms with van der Waals surface area (Å²) in [5.74, 6) is -0.218. The van der Waals surface area contributed by atoms with E-state index < -0.39 is 18.6 Å². The average molecular weight is 508 g/mol. The van der Waals surface area contributed by atoms with Crippen molar-refractivity contribution in [2.75, 3.05) is 6.61 Å². The molecule has 0 fully saturated rings. The molecule has 2 aromatic carbocycles. The molecule has 8 nitrogen and oxygen atoms in total. The zero-order chi connectivity index (χ0) is 24.2. The van der Waals surface area contributed by atoms with Gasteiger partial charge in [-0.2, -0.15) is 8.78 Å². The SMILES string of the molecule is CCOc1cc(-c2nc(C(=O)NCc3coc4ccccc34)c([C@H](C)N)o2)ccc1OC(F)F.Cl. The quantitative estimate of drug-likeness (QED) is 0.309. The van der Waals surface area contributed by atoms with E-state index in [-0.39, 0.29) is 54.4 Å². The number of nitrogens with zero attached hydrogens (tertiary/aromatic N) is 1. The zero-order valence-corrected chi connectivity index (χ0v) is 19.7. The van der Waals surface area contributed by atoms with Crippen molar-refractivity contribution >= 4 is 29.3 Å². The lowest BCUT2D eigenvalue weighted by molar-refractivity contribution is -0.0514. The monoisotopic (exact) mass is 507 g/mol. The molecule has 1 amide bonds. The number of furan rings is 1. The van der Waals surface area contributed by atoms with Gasteiger partial charge in [0.2, 0.25) is 5.89 Å². The highest BCUT2D eigenvalue weighted by Crippen LogP contribution is 2.35. The van der Waals surface area contributed by atoms with Gasteiger partial charge in [0.1, 0.15) is 5.58 Å². The van der Waals surface area contributed by atoms with E-state index in [9.17, 15) is 13.6 Å². The summed E-state index contributed by atoms with van der Waals surface area (Å²) in [6, 6.07) is 11.1. The third-order valence-corrected chi connectivity index (χ3v) is 4.99. The molecular weight excluding hydrogens is 484 g/mol. The Balaban J connectivity index is 0.00000342. The number of para-hydroxylation sites is 1. The van der Waals surface area contributed by atoms with Gasteiger partial charge in [-0.3, -0.25) is 4.79 Å². The van der Waals surface area contributed by atoms with Crippen LogP contribution in [0.15, 0.2) is 57.6 Å². The van der Waals surface area contributed by atoms with Crippen LogP contribution in [0.4, 0.5) is 8.78 Å². The van der Waals surface area contributed by atoms with Crippen molar-refractivity contribution < 1.29 is 31.9 Å². The summed E-state index contributed by atoms with van der Waals surface area (Å²) in [6.07, 6.45) is 1.59. The molecular formula is C24H24ClF2N3O5. The van der Waals surface area contributed by atoms with Crippen molar-refractivity contribution in [1.82, 2.24) is 10.3 Å². The maximum Gasteiger partial charge on any atom is 0.387 e. The van der Waals surface area contributed by atoms with E-state index in [1.165, 1.54) is 18.2 Å². The van der Waals surface area contributed by atoms with Crippen LogP contribution in [0.2, 0.25) is 0 Å². The van der Waals surface area contributed by atoms with Crippen LogP contribution >= 0.6 is 12.4 Å². The highest BCUT2D eigenvalue weighted by atomic mass is 35.5. The molecule has 186 valence electrons. The molecule has 2 heterocycles. The first-order valence-corrected chi connectivity index (χ1v) is 10.6. The molecule has 0 aliphatic rings. The van der Waals surface area contributed by atoms with E-state index in [2.05, 4.69) is 15.0 Å². The van der Waals surface area contributed by atoms with Crippen LogP contribution < -0.4 is 20.5 Å². The van der Waals surface area contributed by atoms with Crippen LogP contribution in [0.5, 0.6) is 11.5 Å². The molecule has 0 radical (unpaired) electrons. The van der Waals surface area contributed by atoms with Crippen molar-refractivity contribution in [3.8, 4) is 23.0 Å². The van der Waals surface area contributed by atoms with Gasteiger partial charge in [-0.15, -0.1) is 12.4 Å². The fourth-order valence-corrected chi connectivity index (χ4v) is 3.46. The molecule has 0 spiro atoms. The number of nitrogens with one attached hydrogen (secondary N) is 1. The summed E-state index contributed by atoms with van der Waals surface area (Å²) in [7, 11) is 0. The van der Waals surface area contributed by atoms with Crippen LogP contribution in [0, 0.1) is 0 Å². The van der Waals surface area contributed by atoms with E-state index in [4.69, 9.17) is 19.3 Å². The van der Waals surface area contributed by atoms with Gasteiger partial charge in [0, 0.05) is 23.1 Å². The summed E-state index contributed by atoms with van der Waals surface area (Å²) in [4.78, 5) is 17.3. The number of alkyl halides is 2. The Labute approximate surface area is 205 Å². The Morgan fingerprint density at radius 3 is 2.69 bits per heavy atom. The summed E-state index contributed by atoms with van der Waals surface area (Å²) in [5.41, 5.74) is 7.98. The second-order valence-electron chi connectivity index (χ2n) is 7.43. The zero-order valence-electron chi connectivity index (χ0n) is 18.9. The van der Waals surface area contributed by atoms with Gasteiger partial charge < -0.3 is 29.4 Å². The van der Waals surface area contributed by atoms with Crippen LogP contribution in [-0.4, -0.2) is 24.1 Å². The Kier molecular flexibility index (Phi) is 8.31. The summed E-state index contributed by atoms with van der Waals surface area (Å²) in [6.45, 7) is 0.819. The van der Waals surface area contributed by atoms with E-state index in [0.29, 0.717) is 5.56 Å². The van der Waals surface area contributed by atoms with E-state index >= 15 is 0 Å². The van der Waals surface area contributed by atoms with Gasteiger partial charge in [0.25, 0.3) is 5.91 Å². The lowest BCUT2D eigenvalue weighted by atomic mass is 10.1. The molecule has 3 N–H and O–H groups in total. The molecule has 0 unspecified atom stereocenters. The second-order valence-corrected chi connectivity index (χ2v) is 7.43. The summed E-state index contributed by atoms with van der Waals surface area (Å²) in [5, 5.41) is 3.71. The van der Waals surface area contributed by atoms with Gasteiger partial charge in [0.15, 0.2) is 23.0 Å². The van der Waals surface area contributed by atoms with E-state index in [1.807, 2.05) is 24.3 Å². The highest BCUT2D eigenvalue weighted by Gasteiger charge is 2.24. The van der Waals surface area contributed by atoms with Gasteiger partial charge in [-0.25, -0.2) is 4.98 Å². The maximum atomic E-state index is 12.9. The van der Waals surface area contributed by atoms with Crippen molar-refractivity contribution in [1.29, 1.82) is 0 Å². The normalized spacial score (nSPS) is 11.8. The molecule has 0 aliphatic heterocycles. The van der Waals surface area contributed by atoms with Crippen LogP contribution in [0.3, 0.4) is 0 Å². The molecule has 0 aliphatic carbocycles. The minimum Gasteiger partial charge on any atom is -0.490 e. The number of nitrogens with two attached hydrogens (primary N) is 1. The molecule has 4 rings (SSSR count). The first kappa shape index (κ1) is 26.0. The average Bonchev–Trinajstić information content (AvgIpc) is 3.43. The Hall–Kier alpha value is -3.63. The topological polar surface area (TPSA) is 113 Å². The number of carbonyl (C=O) groups is 1. The first-order chi connectivity index (χ1) is 16.4. The fourth-order valence-electron chi connectivity index (χ4n) is 3.46. The van der Waals surface area contributed by atoms with Gasteiger partial charge in [-0.05, 0) is 38.1 Å². The number of hydrogen-bond donors (Lipinski definition) is 2. The molecule has 35 heavy (non-hydrogen) atoms. The third-order valence-electron chi connectivity index (χ3n) is 4.99. The molecule has 4 aromatic rings. The Morgan fingerprint density at radius 2 is 1.97 bits per heavy atom. The number of ether oxygens (including phenoxy) is 2. The fraction of sp³-hybridized carbons (Fsp3) is 0.250. The predicted octanol–water partition coefficient (Wildman–Crippen LogP) is 5.46. The number of rotatable bonds is 9. The van der Waals surface area contributed by atoms with Gasteiger partial charge in [0.05, 0.1) is 18.9 Å². The number of oxazole rings is 1. The Bertz CT molecular complexity index is 1310. The van der Waals surface area contributed by atoms with Crippen LogP contribution in [-0.2, 0) is 6.54 Å². The Morgan fingerprint density at radius 1 is 1.20 bits per heavy atom. The van der Waals surface area contributed by atoms with Crippen molar-refractivity contribution in [2.45, 2.75) is 33.0 Å². The molecule has 0 bridgehead atoms. The highest BCUT2D eigenvalue weighted by molar-refractivity contribution is 5.94. The lowest BCUT2D eigenvalue weighted by Crippen LogP contribution is -2.25. The first-order valence-electron chi connectivity index (χ1n) is 10.6. The van der Waals surface area contributed by atoms with Crippen LogP contribution in [0.25, 0.3) is 22.4 Å². The number of carbonyl (C=O) groups excluding carboxylic acids is 1. The number of halogens is 3. The molecule has 11 heteroatoms. The smallest absolute Gasteiger partial charge is 0.387 e. The summed E-state index contributed by atoms with van der Waals surface area (Å²) >= 11 is 0. The summed E-state index contributed by atoms with van der Waals surface area (Å²) < 4.78 is 46.6. The molecule has 2 aromatic heterocycles. The minimum absolute atomic E-state index is 0.